The van der Waals surface area contributed by atoms with Crippen LogP contribution in [0.4, 0.5) is 0 Å². The number of hydrogen-bond acceptors (Lipinski definition) is 0. The van der Waals surface area contributed by atoms with Gasteiger partial charge in [0.25, 0.3) is 0 Å². The lowest BCUT2D eigenvalue weighted by Gasteiger charge is -2.03. The Labute approximate surface area is 151 Å². The van der Waals surface area contributed by atoms with Crippen LogP contribution in [0.15, 0.2) is 18.3 Å². The lowest BCUT2D eigenvalue weighted by molar-refractivity contribution is -0.703. The zero-order valence-corrected chi connectivity index (χ0v) is 16.8. The fourth-order valence-electron chi connectivity index (χ4n) is 3.51. The molecule has 0 aliphatic carbocycles. The molecule has 1 nitrogen and oxygen atoms in total. The van der Waals surface area contributed by atoms with Gasteiger partial charge in [0.05, 0.1) is 0 Å². The fourth-order valence-corrected chi connectivity index (χ4v) is 3.51. The number of hydrogen-bond donors (Lipinski definition) is 0. The molecule has 0 atom stereocenters. The first kappa shape index (κ1) is 21.2. The molecule has 0 spiro atoms. The van der Waals surface area contributed by atoms with Crippen molar-refractivity contribution in [3.05, 3.63) is 29.6 Å². The van der Waals surface area contributed by atoms with E-state index in [4.69, 9.17) is 0 Å². The average Bonchev–Trinajstić information content (AvgIpc) is 2.57. The smallest absolute Gasteiger partial charge is 0.178 e. The molecular weight excluding hydrogens is 290 g/mol. The van der Waals surface area contributed by atoms with E-state index in [0.29, 0.717) is 0 Å². The molecule has 0 aliphatic heterocycles. The van der Waals surface area contributed by atoms with Crippen LogP contribution in [0.25, 0.3) is 0 Å². The predicted molar refractivity (Wildman–Crippen MR) is 106 cm³/mol. The maximum absolute atomic E-state index is 2.40. The molecular formula is C23H42N+. The average molecular weight is 333 g/mol. The third-order valence-corrected chi connectivity index (χ3v) is 5.16. The highest BCUT2D eigenvalue weighted by atomic mass is 14.9. The van der Waals surface area contributed by atoms with Crippen LogP contribution < -0.4 is 4.57 Å². The lowest BCUT2D eigenvalue weighted by Crippen LogP contribution is -2.36. The summed E-state index contributed by atoms with van der Waals surface area (Å²) in [6.07, 6.45) is 22.3. The van der Waals surface area contributed by atoms with E-state index in [0.717, 1.165) is 0 Å². The minimum Gasteiger partial charge on any atom is -0.203 e. The van der Waals surface area contributed by atoms with E-state index in [9.17, 15) is 0 Å². The Bertz CT molecular complexity index is 410. The minimum absolute atomic E-state index is 1.18. The highest BCUT2D eigenvalue weighted by Gasteiger charge is 2.05. The minimum atomic E-state index is 1.18. The van der Waals surface area contributed by atoms with Crippen molar-refractivity contribution in [1.82, 2.24) is 0 Å². The summed E-state index contributed by atoms with van der Waals surface area (Å²) in [6.45, 7) is 7.87. The Morgan fingerprint density at radius 3 is 1.58 bits per heavy atom. The van der Waals surface area contributed by atoms with Gasteiger partial charge in [0, 0.05) is 25.5 Å². The molecule has 24 heavy (non-hydrogen) atoms. The van der Waals surface area contributed by atoms with Crippen molar-refractivity contribution < 1.29 is 4.57 Å². The summed E-state index contributed by atoms with van der Waals surface area (Å²) in [5, 5.41) is 0. The van der Waals surface area contributed by atoms with E-state index in [2.05, 4.69) is 43.7 Å². The van der Waals surface area contributed by atoms with Crippen LogP contribution in [0, 0.1) is 13.8 Å². The van der Waals surface area contributed by atoms with Gasteiger partial charge in [-0.2, -0.15) is 0 Å². The molecule has 138 valence electrons. The zero-order valence-electron chi connectivity index (χ0n) is 16.8. The van der Waals surface area contributed by atoms with Gasteiger partial charge in [-0.15, -0.1) is 0 Å². The number of rotatable bonds is 15. The standard InChI is InChI=1S/C23H42N/c1-4-5-6-7-8-9-10-11-12-13-14-15-16-17-19-24-20-18-22(2)21-23(24)3/h18,20-21H,4-17,19H2,1-3H3/q+1. The highest BCUT2D eigenvalue weighted by Crippen LogP contribution is 2.13. The molecule has 0 fully saturated rings. The SMILES string of the molecule is CCCCCCCCCCCCCCCC[n+]1ccc(C)cc1C. The summed E-state index contributed by atoms with van der Waals surface area (Å²) in [6, 6.07) is 4.50. The second-order valence-electron chi connectivity index (χ2n) is 7.64. The second kappa shape index (κ2) is 14.5. The van der Waals surface area contributed by atoms with E-state index in [1.165, 1.54) is 108 Å². The van der Waals surface area contributed by atoms with Gasteiger partial charge in [0.1, 0.15) is 6.54 Å². The number of unbranched alkanes of at least 4 members (excludes halogenated alkanes) is 13. The summed E-state index contributed by atoms with van der Waals surface area (Å²) in [5.74, 6) is 0. The maximum Gasteiger partial charge on any atom is 0.178 e. The summed E-state index contributed by atoms with van der Waals surface area (Å²) in [4.78, 5) is 0. The van der Waals surface area contributed by atoms with Gasteiger partial charge < -0.3 is 0 Å². The topological polar surface area (TPSA) is 3.88 Å². The molecule has 1 aromatic heterocycles. The van der Waals surface area contributed by atoms with E-state index in [1.54, 1.807) is 0 Å². The summed E-state index contributed by atoms with van der Waals surface area (Å²) in [7, 11) is 0. The van der Waals surface area contributed by atoms with Gasteiger partial charge in [-0.1, -0.05) is 84.0 Å². The van der Waals surface area contributed by atoms with Crippen molar-refractivity contribution in [3.63, 3.8) is 0 Å². The molecule has 0 bridgehead atoms. The van der Waals surface area contributed by atoms with E-state index in [1.807, 2.05) is 0 Å². The molecule has 0 N–H and O–H groups in total. The summed E-state index contributed by atoms with van der Waals surface area (Å²) < 4.78 is 2.40. The van der Waals surface area contributed by atoms with Crippen LogP contribution in [0.5, 0.6) is 0 Å². The largest absolute Gasteiger partial charge is 0.203 e. The number of aromatic nitrogens is 1. The third kappa shape index (κ3) is 10.8. The van der Waals surface area contributed by atoms with Crippen LogP contribution >= 0.6 is 0 Å². The Hall–Kier alpha value is -0.850. The lowest BCUT2D eigenvalue weighted by atomic mass is 10.0. The van der Waals surface area contributed by atoms with Crippen LogP contribution in [0.3, 0.4) is 0 Å². The Kier molecular flexibility index (Phi) is 12.8. The van der Waals surface area contributed by atoms with E-state index in [-0.39, 0.29) is 0 Å². The first-order valence-electron chi connectivity index (χ1n) is 10.7. The zero-order chi connectivity index (χ0) is 17.5. The molecule has 0 amide bonds. The first-order chi connectivity index (χ1) is 11.7. The van der Waals surface area contributed by atoms with Gasteiger partial charge in [-0.05, 0) is 18.9 Å². The van der Waals surface area contributed by atoms with Gasteiger partial charge in [0.15, 0.2) is 11.9 Å². The van der Waals surface area contributed by atoms with Crippen LogP contribution in [-0.2, 0) is 6.54 Å². The number of nitrogens with zero attached hydrogens (tertiary/aromatic N) is 1. The third-order valence-electron chi connectivity index (χ3n) is 5.16. The molecule has 0 radical (unpaired) electrons. The molecule has 0 aliphatic rings. The van der Waals surface area contributed by atoms with Crippen molar-refractivity contribution >= 4 is 0 Å². The maximum atomic E-state index is 2.40. The molecule has 1 rings (SSSR count). The molecule has 1 heteroatoms. The molecule has 1 aromatic rings. The first-order valence-corrected chi connectivity index (χ1v) is 10.7. The Morgan fingerprint density at radius 1 is 0.667 bits per heavy atom. The van der Waals surface area contributed by atoms with Crippen LogP contribution in [-0.4, -0.2) is 0 Å². The molecule has 0 saturated heterocycles. The van der Waals surface area contributed by atoms with Crippen LogP contribution in [0.1, 0.15) is 108 Å². The van der Waals surface area contributed by atoms with Crippen molar-refractivity contribution in [2.24, 2.45) is 0 Å². The van der Waals surface area contributed by atoms with E-state index >= 15 is 0 Å². The van der Waals surface area contributed by atoms with Crippen molar-refractivity contribution in [2.75, 3.05) is 0 Å². The quantitative estimate of drug-likeness (QED) is 0.239. The second-order valence-corrected chi connectivity index (χ2v) is 7.64. The Morgan fingerprint density at radius 2 is 1.12 bits per heavy atom. The fraction of sp³-hybridized carbons (Fsp3) is 0.783. The van der Waals surface area contributed by atoms with Crippen molar-refractivity contribution in [1.29, 1.82) is 0 Å². The monoisotopic (exact) mass is 332 g/mol. The molecule has 0 aromatic carbocycles. The molecule has 0 saturated carbocycles. The van der Waals surface area contributed by atoms with Gasteiger partial charge in [0.2, 0.25) is 0 Å². The van der Waals surface area contributed by atoms with Crippen LogP contribution in [0.2, 0.25) is 0 Å². The Balaban J connectivity index is 1.84. The highest BCUT2D eigenvalue weighted by molar-refractivity contribution is 5.08. The van der Waals surface area contributed by atoms with Gasteiger partial charge in [-0.25, -0.2) is 4.57 Å². The van der Waals surface area contributed by atoms with Gasteiger partial charge in [-0.3, -0.25) is 0 Å². The number of pyridine rings is 1. The predicted octanol–water partition coefficient (Wildman–Crippen LogP) is 7.07. The summed E-state index contributed by atoms with van der Waals surface area (Å²) >= 11 is 0. The number of aryl methyl sites for hydroxylation is 3. The molecule has 1 heterocycles. The molecule has 0 unspecified atom stereocenters. The van der Waals surface area contributed by atoms with E-state index < -0.39 is 0 Å². The van der Waals surface area contributed by atoms with Crippen molar-refractivity contribution in [3.8, 4) is 0 Å². The normalized spacial score (nSPS) is 11.1. The van der Waals surface area contributed by atoms with Crippen molar-refractivity contribution in [2.45, 2.75) is 117 Å². The van der Waals surface area contributed by atoms with Gasteiger partial charge >= 0.3 is 0 Å². The summed E-state index contributed by atoms with van der Waals surface area (Å²) in [5.41, 5.74) is 2.76.